The summed E-state index contributed by atoms with van der Waals surface area (Å²) in [6, 6.07) is 7.78. The topological polar surface area (TPSA) is 70.7 Å². The van der Waals surface area contributed by atoms with E-state index in [4.69, 9.17) is 4.74 Å². The average Bonchev–Trinajstić information content (AvgIpc) is 2.81. The second-order valence-corrected chi connectivity index (χ2v) is 7.50. The molecule has 3 rings (SSSR count). The Labute approximate surface area is 148 Å². The Morgan fingerprint density at radius 1 is 1.36 bits per heavy atom. The first kappa shape index (κ1) is 17.7. The molecule has 1 aromatic rings. The van der Waals surface area contributed by atoms with Crippen molar-refractivity contribution in [1.29, 1.82) is 0 Å². The highest BCUT2D eigenvalue weighted by molar-refractivity contribution is 6.06. The summed E-state index contributed by atoms with van der Waals surface area (Å²) < 4.78 is 5.77. The molecule has 2 aliphatic rings. The smallest absolute Gasteiger partial charge is 0.322 e. The minimum atomic E-state index is -0.807. The molecule has 3 amide bonds. The second-order valence-electron chi connectivity index (χ2n) is 7.50. The van der Waals surface area contributed by atoms with E-state index in [2.05, 4.69) is 27.7 Å². The minimum absolute atomic E-state index is 0.114. The van der Waals surface area contributed by atoms with Crippen LogP contribution in [0.4, 0.5) is 4.79 Å². The van der Waals surface area contributed by atoms with E-state index in [0.717, 1.165) is 38.2 Å². The van der Waals surface area contributed by atoms with Crippen LogP contribution in [0, 0.1) is 5.92 Å². The molecule has 2 unspecified atom stereocenters. The Morgan fingerprint density at radius 3 is 2.84 bits per heavy atom. The molecule has 0 bridgehead atoms. The Hall–Kier alpha value is -2.08. The summed E-state index contributed by atoms with van der Waals surface area (Å²) in [6.45, 7) is 8.47. The molecule has 136 valence electrons. The first-order valence-corrected chi connectivity index (χ1v) is 8.98. The molecule has 2 aliphatic heterocycles. The summed E-state index contributed by atoms with van der Waals surface area (Å²) in [5, 5.41) is 5.19. The van der Waals surface area contributed by atoms with Crippen LogP contribution in [0.1, 0.15) is 39.2 Å². The number of benzene rings is 1. The summed E-state index contributed by atoms with van der Waals surface area (Å²) in [6.07, 6.45) is 2.11. The number of carbonyl (C=O) groups excluding carboxylic acids is 2. The van der Waals surface area contributed by atoms with E-state index in [1.54, 1.807) is 0 Å². The Kier molecular flexibility index (Phi) is 4.99. The second kappa shape index (κ2) is 7.04. The van der Waals surface area contributed by atoms with Gasteiger partial charge < -0.3 is 10.1 Å². The van der Waals surface area contributed by atoms with Gasteiger partial charge in [0.1, 0.15) is 11.3 Å². The van der Waals surface area contributed by atoms with Crippen molar-refractivity contribution in [3.8, 4) is 5.75 Å². The standard InChI is InChI=1S/C19H27N3O3/c1-13(2)25-16-8-4-6-14(10-16)11-22-9-5-7-15(12-22)19(3)17(23)20-18(24)21-19/h4,6,8,10,13,15H,5,7,9,11-12H2,1-3H3,(H2,20,21,23,24). The van der Waals surface area contributed by atoms with Crippen LogP contribution in [0.5, 0.6) is 5.75 Å². The number of nitrogens with zero attached hydrogens (tertiary/aromatic N) is 1. The molecule has 25 heavy (non-hydrogen) atoms. The maximum Gasteiger partial charge on any atom is 0.322 e. The van der Waals surface area contributed by atoms with Gasteiger partial charge in [-0.3, -0.25) is 15.0 Å². The fraction of sp³-hybridized carbons (Fsp3) is 0.579. The van der Waals surface area contributed by atoms with Gasteiger partial charge >= 0.3 is 6.03 Å². The lowest BCUT2D eigenvalue weighted by Crippen LogP contribution is -2.55. The van der Waals surface area contributed by atoms with Crippen LogP contribution in [0.2, 0.25) is 0 Å². The van der Waals surface area contributed by atoms with E-state index in [0.29, 0.717) is 0 Å². The number of rotatable bonds is 5. The van der Waals surface area contributed by atoms with E-state index in [1.807, 2.05) is 32.9 Å². The number of ether oxygens (including phenoxy) is 1. The highest BCUT2D eigenvalue weighted by Crippen LogP contribution is 2.30. The van der Waals surface area contributed by atoms with Crippen LogP contribution in [-0.2, 0) is 11.3 Å². The molecule has 0 spiro atoms. The molecule has 2 heterocycles. The highest BCUT2D eigenvalue weighted by Gasteiger charge is 2.48. The number of imide groups is 1. The van der Waals surface area contributed by atoms with Crippen LogP contribution >= 0.6 is 0 Å². The molecule has 0 radical (unpaired) electrons. The fourth-order valence-corrected chi connectivity index (χ4v) is 3.76. The average molecular weight is 345 g/mol. The third-order valence-electron chi connectivity index (χ3n) is 5.07. The number of hydrogen-bond acceptors (Lipinski definition) is 4. The molecule has 0 aromatic heterocycles. The van der Waals surface area contributed by atoms with Gasteiger partial charge in [-0.15, -0.1) is 0 Å². The zero-order valence-electron chi connectivity index (χ0n) is 15.2. The van der Waals surface area contributed by atoms with Crippen molar-refractivity contribution in [1.82, 2.24) is 15.5 Å². The zero-order chi connectivity index (χ0) is 18.0. The maximum absolute atomic E-state index is 12.2. The van der Waals surface area contributed by atoms with E-state index in [9.17, 15) is 9.59 Å². The van der Waals surface area contributed by atoms with Gasteiger partial charge in [0.2, 0.25) is 0 Å². The molecule has 2 fully saturated rings. The lowest BCUT2D eigenvalue weighted by atomic mass is 9.80. The Bertz CT molecular complexity index is 661. The predicted octanol–water partition coefficient (Wildman–Crippen LogP) is 2.28. The summed E-state index contributed by atoms with van der Waals surface area (Å²) in [7, 11) is 0. The molecule has 6 nitrogen and oxygen atoms in total. The molecule has 1 aromatic carbocycles. The van der Waals surface area contributed by atoms with Crippen LogP contribution in [0.25, 0.3) is 0 Å². The normalized spacial score (nSPS) is 27.3. The minimum Gasteiger partial charge on any atom is -0.491 e. The summed E-state index contributed by atoms with van der Waals surface area (Å²) >= 11 is 0. The maximum atomic E-state index is 12.2. The number of nitrogens with one attached hydrogen (secondary N) is 2. The van der Waals surface area contributed by atoms with Crippen molar-refractivity contribution in [2.75, 3.05) is 13.1 Å². The van der Waals surface area contributed by atoms with Gasteiger partial charge in [0, 0.05) is 19.0 Å². The van der Waals surface area contributed by atoms with Gasteiger partial charge in [-0.1, -0.05) is 12.1 Å². The van der Waals surface area contributed by atoms with E-state index in [-0.39, 0.29) is 24.0 Å². The molecule has 0 aliphatic carbocycles. The highest BCUT2D eigenvalue weighted by atomic mass is 16.5. The quantitative estimate of drug-likeness (QED) is 0.803. The van der Waals surface area contributed by atoms with Crippen molar-refractivity contribution in [2.45, 2.75) is 51.8 Å². The van der Waals surface area contributed by atoms with E-state index < -0.39 is 5.54 Å². The van der Waals surface area contributed by atoms with E-state index in [1.165, 1.54) is 5.56 Å². The first-order chi connectivity index (χ1) is 11.9. The molecule has 0 saturated carbocycles. The van der Waals surface area contributed by atoms with Crippen LogP contribution in [0.15, 0.2) is 24.3 Å². The summed E-state index contributed by atoms with van der Waals surface area (Å²) in [4.78, 5) is 26.1. The van der Waals surface area contributed by atoms with Crippen molar-refractivity contribution in [3.05, 3.63) is 29.8 Å². The molecule has 6 heteroatoms. The zero-order valence-corrected chi connectivity index (χ0v) is 15.2. The number of likely N-dealkylation sites (tertiary alicyclic amines) is 1. The largest absolute Gasteiger partial charge is 0.491 e. The first-order valence-electron chi connectivity index (χ1n) is 8.98. The fourth-order valence-electron chi connectivity index (χ4n) is 3.76. The molecule has 2 atom stereocenters. The third-order valence-corrected chi connectivity index (χ3v) is 5.07. The van der Waals surface area contributed by atoms with Crippen LogP contribution in [0.3, 0.4) is 0 Å². The van der Waals surface area contributed by atoms with Crippen molar-refractivity contribution >= 4 is 11.9 Å². The van der Waals surface area contributed by atoms with Gasteiger partial charge in [0.15, 0.2) is 0 Å². The molecule has 2 N–H and O–H groups in total. The van der Waals surface area contributed by atoms with Crippen molar-refractivity contribution in [2.24, 2.45) is 5.92 Å². The SMILES string of the molecule is CC(C)Oc1cccc(CN2CCCC(C3(C)NC(=O)NC3=O)C2)c1. The van der Waals surface area contributed by atoms with Crippen molar-refractivity contribution in [3.63, 3.8) is 0 Å². The van der Waals surface area contributed by atoms with E-state index >= 15 is 0 Å². The summed E-state index contributed by atoms with van der Waals surface area (Å²) in [5.74, 6) is 0.787. The predicted molar refractivity (Wildman–Crippen MR) is 95.3 cm³/mol. The third kappa shape index (κ3) is 3.95. The Morgan fingerprint density at radius 2 is 2.16 bits per heavy atom. The number of carbonyl (C=O) groups is 2. The number of amides is 3. The lowest BCUT2D eigenvalue weighted by Gasteiger charge is -2.39. The van der Waals surface area contributed by atoms with Crippen molar-refractivity contribution < 1.29 is 14.3 Å². The lowest BCUT2D eigenvalue weighted by molar-refractivity contribution is -0.126. The van der Waals surface area contributed by atoms with Crippen LogP contribution in [-0.4, -0.2) is 41.6 Å². The van der Waals surface area contributed by atoms with Gasteiger partial charge in [0.25, 0.3) is 5.91 Å². The van der Waals surface area contributed by atoms with Gasteiger partial charge in [-0.05, 0) is 57.9 Å². The molecular formula is C19H27N3O3. The molecule has 2 saturated heterocycles. The van der Waals surface area contributed by atoms with Crippen LogP contribution < -0.4 is 15.4 Å². The van der Waals surface area contributed by atoms with Gasteiger partial charge in [-0.2, -0.15) is 0 Å². The monoisotopic (exact) mass is 345 g/mol. The van der Waals surface area contributed by atoms with Gasteiger partial charge in [0.05, 0.1) is 6.10 Å². The van der Waals surface area contributed by atoms with Gasteiger partial charge in [-0.25, -0.2) is 4.79 Å². The Balaban J connectivity index is 1.66. The number of piperidine rings is 1. The number of urea groups is 1. The molecular weight excluding hydrogens is 318 g/mol. The number of hydrogen-bond donors (Lipinski definition) is 2. The summed E-state index contributed by atoms with van der Waals surface area (Å²) in [5.41, 5.74) is 0.391.